The van der Waals surface area contributed by atoms with Gasteiger partial charge in [-0.15, -0.1) is 11.3 Å². The molecular formula is C10H8Cl2N2S. The van der Waals surface area contributed by atoms with Crippen molar-refractivity contribution in [1.29, 1.82) is 5.41 Å². The molecule has 1 aromatic heterocycles. The maximum Gasteiger partial charge on any atom is 0.186 e. The minimum absolute atomic E-state index is 0.464. The fourth-order valence-electron chi connectivity index (χ4n) is 1.34. The molecule has 0 unspecified atom stereocenters. The van der Waals surface area contributed by atoms with Crippen LogP contribution in [0.25, 0.3) is 5.69 Å². The topological polar surface area (TPSA) is 28.8 Å². The zero-order valence-corrected chi connectivity index (χ0v) is 10.2. The molecule has 0 radical (unpaired) electrons. The summed E-state index contributed by atoms with van der Waals surface area (Å²) in [5.41, 5.74) is 0.821. The van der Waals surface area contributed by atoms with Gasteiger partial charge in [0.15, 0.2) is 4.80 Å². The number of hydrogen-bond donors (Lipinski definition) is 1. The quantitative estimate of drug-likeness (QED) is 0.810. The summed E-state index contributed by atoms with van der Waals surface area (Å²) < 4.78 is 1.76. The van der Waals surface area contributed by atoms with Crippen LogP contribution < -0.4 is 4.80 Å². The lowest BCUT2D eigenvalue weighted by atomic mass is 10.3. The molecule has 0 saturated carbocycles. The van der Waals surface area contributed by atoms with E-state index in [0.29, 0.717) is 14.8 Å². The second kappa shape index (κ2) is 4.00. The minimum Gasteiger partial charge on any atom is -0.293 e. The van der Waals surface area contributed by atoms with Crippen molar-refractivity contribution in [3.05, 3.63) is 44.1 Å². The lowest BCUT2D eigenvalue weighted by Crippen LogP contribution is -2.09. The summed E-state index contributed by atoms with van der Waals surface area (Å²) in [7, 11) is 0. The van der Waals surface area contributed by atoms with Crippen molar-refractivity contribution in [2.45, 2.75) is 6.92 Å². The molecule has 0 saturated heterocycles. The second-order valence-electron chi connectivity index (χ2n) is 3.14. The summed E-state index contributed by atoms with van der Waals surface area (Å²) in [5.74, 6) is 0. The van der Waals surface area contributed by atoms with Gasteiger partial charge in [-0.25, -0.2) is 0 Å². The van der Waals surface area contributed by atoms with E-state index in [1.54, 1.807) is 22.8 Å². The number of halogens is 2. The monoisotopic (exact) mass is 258 g/mol. The molecule has 1 aromatic carbocycles. The Balaban J connectivity index is 2.63. The molecule has 0 aliphatic rings. The maximum absolute atomic E-state index is 7.77. The predicted octanol–water partition coefficient (Wildman–Crippen LogP) is 3.63. The first-order valence-electron chi connectivity index (χ1n) is 4.26. The Labute approximate surface area is 101 Å². The molecule has 0 bridgehead atoms. The van der Waals surface area contributed by atoms with Gasteiger partial charge in [-0.3, -0.25) is 9.98 Å². The highest BCUT2D eigenvalue weighted by Gasteiger charge is 2.03. The summed E-state index contributed by atoms with van der Waals surface area (Å²) in [5, 5.41) is 8.92. The summed E-state index contributed by atoms with van der Waals surface area (Å²) in [4.78, 5) is 1.54. The largest absolute Gasteiger partial charge is 0.293 e. The second-order valence-corrected chi connectivity index (χ2v) is 5.25. The van der Waals surface area contributed by atoms with Crippen LogP contribution in [-0.2, 0) is 0 Å². The Morgan fingerprint density at radius 3 is 2.27 bits per heavy atom. The highest BCUT2D eigenvalue weighted by molar-refractivity contribution is 7.09. The number of benzene rings is 1. The van der Waals surface area contributed by atoms with Gasteiger partial charge in [0, 0.05) is 21.1 Å². The first-order chi connectivity index (χ1) is 7.06. The molecule has 1 heterocycles. The van der Waals surface area contributed by atoms with Gasteiger partial charge in [-0.1, -0.05) is 23.2 Å². The van der Waals surface area contributed by atoms with Gasteiger partial charge in [-0.05, 0) is 25.1 Å². The van der Waals surface area contributed by atoms with Crippen LogP contribution in [0.5, 0.6) is 0 Å². The van der Waals surface area contributed by atoms with Crippen LogP contribution >= 0.6 is 34.5 Å². The maximum atomic E-state index is 7.77. The molecule has 15 heavy (non-hydrogen) atoms. The molecule has 0 aliphatic heterocycles. The van der Waals surface area contributed by atoms with E-state index >= 15 is 0 Å². The summed E-state index contributed by atoms with van der Waals surface area (Å²) in [6, 6.07) is 5.26. The van der Waals surface area contributed by atoms with Crippen LogP contribution in [0, 0.1) is 12.3 Å². The minimum atomic E-state index is 0.464. The average Bonchev–Trinajstić information content (AvgIpc) is 2.43. The standard InChI is InChI=1S/C10H8Cl2N2S/c1-6-5-14(10(13)15-6)9-3-7(11)2-8(12)4-9/h2-5,13H,1H3. The van der Waals surface area contributed by atoms with E-state index in [1.165, 1.54) is 11.3 Å². The Hall–Kier alpha value is -0.770. The van der Waals surface area contributed by atoms with Gasteiger partial charge in [0.05, 0.1) is 5.69 Å². The van der Waals surface area contributed by atoms with Crippen molar-refractivity contribution in [3.8, 4) is 5.69 Å². The third kappa shape index (κ3) is 2.25. The molecule has 78 valence electrons. The zero-order chi connectivity index (χ0) is 11.0. The van der Waals surface area contributed by atoms with E-state index in [9.17, 15) is 0 Å². The molecular weight excluding hydrogens is 251 g/mol. The van der Waals surface area contributed by atoms with Gasteiger partial charge >= 0.3 is 0 Å². The SMILES string of the molecule is Cc1cn(-c2cc(Cl)cc(Cl)c2)c(=N)s1. The highest BCUT2D eigenvalue weighted by Crippen LogP contribution is 2.21. The molecule has 1 N–H and O–H groups in total. The summed E-state index contributed by atoms with van der Waals surface area (Å²) >= 11 is 13.2. The van der Waals surface area contributed by atoms with Gasteiger partial charge in [0.25, 0.3) is 0 Å². The molecule has 2 nitrogen and oxygen atoms in total. The van der Waals surface area contributed by atoms with Crippen LogP contribution in [0.4, 0.5) is 0 Å². The average molecular weight is 259 g/mol. The number of nitrogens with zero attached hydrogens (tertiary/aromatic N) is 1. The molecule has 2 aromatic rings. The van der Waals surface area contributed by atoms with E-state index in [4.69, 9.17) is 28.6 Å². The molecule has 0 aliphatic carbocycles. The zero-order valence-electron chi connectivity index (χ0n) is 7.92. The Bertz CT molecular complexity index is 537. The molecule has 0 fully saturated rings. The molecule has 0 spiro atoms. The number of rotatable bonds is 1. The van der Waals surface area contributed by atoms with Crippen LogP contribution in [-0.4, -0.2) is 4.57 Å². The molecule has 2 rings (SSSR count). The normalized spacial score (nSPS) is 10.6. The Morgan fingerprint density at radius 2 is 1.80 bits per heavy atom. The lowest BCUT2D eigenvalue weighted by molar-refractivity contribution is 0.976. The van der Waals surface area contributed by atoms with Crippen molar-refractivity contribution in [2.75, 3.05) is 0 Å². The van der Waals surface area contributed by atoms with Crippen LogP contribution in [0.1, 0.15) is 4.88 Å². The molecule has 0 amide bonds. The molecule has 0 atom stereocenters. The third-order valence-electron chi connectivity index (χ3n) is 1.91. The number of aryl methyl sites for hydroxylation is 1. The number of thiazole rings is 1. The van der Waals surface area contributed by atoms with Crippen molar-refractivity contribution in [1.82, 2.24) is 4.57 Å². The van der Waals surface area contributed by atoms with Gasteiger partial charge in [0.2, 0.25) is 0 Å². The number of nitrogens with one attached hydrogen (secondary N) is 1. The first kappa shape index (κ1) is 10.7. The van der Waals surface area contributed by atoms with Crippen LogP contribution in [0.3, 0.4) is 0 Å². The number of aromatic nitrogens is 1. The fourth-order valence-corrected chi connectivity index (χ4v) is 2.57. The van der Waals surface area contributed by atoms with Crippen molar-refractivity contribution < 1.29 is 0 Å². The summed E-state index contributed by atoms with van der Waals surface area (Å²) in [6.07, 6.45) is 1.90. The molecule has 5 heteroatoms. The van der Waals surface area contributed by atoms with Crippen LogP contribution in [0.2, 0.25) is 10.0 Å². The van der Waals surface area contributed by atoms with Crippen molar-refractivity contribution >= 4 is 34.5 Å². The van der Waals surface area contributed by atoms with Crippen molar-refractivity contribution in [3.63, 3.8) is 0 Å². The third-order valence-corrected chi connectivity index (χ3v) is 3.17. The first-order valence-corrected chi connectivity index (χ1v) is 5.83. The van der Waals surface area contributed by atoms with Gasteiger partial charge in [0.1, 0.15) is 0 Å². The van der Waals surface area contributed by atoms with E-state index < -0.39 is 0 Å². The van der Waals surface area contributed by atoms with E-state index in [1.807, 2.05) is 13.1 Å². The fraction of sp³-hybridized carbons (Fsp3) is 0.100. The smallest absolute Gasteiger partial charge is 0.186 e. The van der Waals surface area contributed by atoms with Gasteiger partial charge < -0.3 is 0 Å². The lowest BCUT2D eigenvalue weighted by Gasteiger charge is -2.03. The predicted molar refractivity (Wildman–Crippen MR) is 64.3 cm³/mol. The Morgan fingerprint density at radius 1 is 1.20 bits per heavy atom. The number of hydrogen-bond acceptors (Lipinski definition) is 2. The van der Waals surface area contributed by atoms with E-state index in [2.05, 4.69) is 0 Å². The van der Waals surface area contributed by atoms with E-state index in [0.717, 1.165) is 10.6 Å². The highest BCUT2D eigenvalue weighted by atomic mass is 35.5. The Kier molecular flexibility index (Phi) is 2.87. The summed E-state index contributed by atoms with van der Waals surface area (Å²) in [6.45, 7) is 1.96. The van der Waals surface area contributed by atoms with Crippen LogP contribution in [0.15, 0.2) is 24.4 Å². The van der Waals surface area contributed by atoms with Crippen molar-refractivity contribution in [2.24, 2.45) is 0 Å². The van der Waals surface area contributed by atoms with E-state index in [-0.39, 0.29) is 0 Å². The van der Waals surface area contributed by atoms with Gasteiger partial charge in [-0.2, -0.15) is 0 Å².